The highest BCUT2D eigenvalue weighted by molar-refractivity contribution is 6.00. The topological polar surface area (TPSA) is 38.3 Å². The van der Waals surface area contributed by atoms with Gasteiger partial charge in [-0.3, -0.25) is 4.79 Å². The van der Waals surface area contributed by atoms with Gasteiger partial charge < -0.3 is 10.1 Å². The van der Waals surface area contributed by atoms with Gasteiger partial charge in [-0.1, -0.05) is 6.42 Å². The van der Waals surface area contributed by atoms with E-state index in [2.05, 4.69) is 5.32 Å². The summed E-state index contributed by atoms with van der Waals surface area (Å²) in [5, 5.41) is 3.18. The van der Waals surface area contributed by atoms with Gasteiger partial charge in [-0.15, -0.1) is 0 Å². The van der Waals surface area contributed by atoms with E-state index >= 15 is 0 Å². The molecule has 1 atom stereocenters. The van der Waals surface area contributed by atoms with Gasteiger partial charge in [0.25, 0.3) is 0 Å². The molecular formula is C15H20FNO2. The lowest BCUT2D eigenvalue weighted by molar-refractivity contribution is 0.0926. The Balaban J connectivity index is 2.12. The number of hydrogen-bond donors (Lipinski definition) is 1. The van der Waals surface area contributed by atoms with E-state index in [-0.39, 0.29) is 23.7 Å². The number of halogens is 1. The van der Waals surface area contributed by atoms with Crippen LogP contribution in [-0.2, 0) is 0 Å². The van der Waals surface area contributed by atoms with Gasteiger partial charge in [0.1, 0.15) is 0 Å². The molecular weight excluding hydrogens is 245 g/mol. The molecule has 1 fully saturated rings. The third-order valence-corrected chi connectivity index (χ3v) is 3.21. The summed E-state index contributed by atoms with van der Waals surface area (Å²) in [5.74, 6) is -0.312. The molecule has 0 aliphatic carbocycles. The minimum atomic E-state index is -0.477. The van der Waals surface area contributed by atoms with E-state index in [1.165, 1.54) is 12.1 Å². The highest BCUT2D eigenvalue weighted by Crippen LogP contribution is 2.21. The van der Waals surface area contributed by atoms with Crippen molar-refractivity contribution in [1.29, 1.82) is 0 Å². The molecule has 0 spiro atoms. The van der Waals surface area contributed by atoms with Gasteiger partial charge in [0.2, 0.25) is 0 Å². The van der Waals surface area contributed by atoms with Crippen LogP contribution in [0.2, 0.25) is 0 Å². The van der Waals surface area contributed by atoms with Crippen LogP contribution in [-0.4, -0.2) is 24.5 Å². The van der Waals surface area contributed by atoms with Crippen LogP contribution < -0.4 is 10.1 Å². The normalized spacial score (nSPS) is 19.5. The quantitative estimate of drug-likeness (QED) is 0.851. The Bertz CT molecular complexity index is 453. The molecule has 1 aliphatic rings. The number of ketones is 1. The molecule has 4 heteroatoms. The van der Waals surface area contributed by atoms with Crippen molar-refractivity contribution < 1.29 is 13.9 Å². The zero-order valence-electron chi connectivity index (χ0n) is 11.4. The molecule has 0 radical (unpaired) electrons. The van der Waals surface area contributed by atoms with Gasteiger partial charge in [-0.25, -0.2) is 4.39 Å². The van der Waals surface area contributed by atoms with E-state index in [9.17, 15) is 9.18 Å². The zero-order valence-corrected chi connectivity index (χ0v) is 11.4. The lowest BCUT2D eigenvalue weighted by Crippen LogP contribution is -2.40. The summed E-state index contributed by atoms with van der Waals surface area (Å²) in [5.41, 5.74) is 0.410. The molecule has 1 N–H and O–H groups in total. The first-order valence-corrected chi connectivity index (χ1v) is 6.81. The van der Waals surface area contributed by atoms with Crippen molar-refractivity contribution in [1.82, 2.24) is 5.32 Å². The monoisotopic (exact) mass is 265 g/mol. The van der Waals surface area contributed by atoms with Crippen molar-refractivity contribution in [2.24, 2.45) is 0 Å². The number of carbonyl (C=O) groups excluding carboxylic acids is 1. The SMILES string of the molecule is CC(C)Oc1ccc(C(=O)C2CCCCN2)cc1F. The fourth-order valence-corrected chi connectivity index (χ4v) is 2.28. The molecule has 1 unspecified atom stereocenters. The predicted octanol–water partition coefficient (Wildman–Crippen LogP) is 2.94. The number of ether oxygens (including phenoxy) is 1. The van der Waals surface area contributed by atoms with Crippen LogP contribution in [0.3, 0.4) is 0 Å². The summed E-state index contributed by atoms with van der Waals surface area (Å²) in [4.78, 5) is 12.2. The number of nitrogens with one attached hydrogen (secondary N) is 1. The highest BCUT2D eigenvalue weighted by atomic mass is 19.1. The van der Waals surface area contributed by atoms with Crippen molar-refractivity contribution >= 4 is 5.78 Å². The minimum Gasteiger partial charge on any atom is -0.488 e. The molecule has 1 aromatic rings. The van der Waals surface area contributed by atoms with E-state index in [4.69, 9.17) is 4.74 Å². The van der Waals surface area contributed by atoms with E-state index in [0.717, 1.165) is 25.8 Å². The lowest BCUT2D eigenvalue weighted by atomic mass is 9.96. The van der Waals surface area contributed by atoms with Crippen LogP contribution >= 0.6 is 0 Å². The molecule has 0 amide bonds. The first-order chi connectivity index (χ1) is 9.08. The standard InChI is InChI=1S/C15H20FNO2/c1-10(2)19-14-7-6-11(9-12(14)16)15(18)13-5-3-4-8-17-13/h6-7,9-10,13,17H,3-5,8H2,1-2H3. The summed E-state index contributed by atoms with van der Waals surface area (Å²) >= 11 is 0. The van der Waals surface area contributed by atoms with Crippen LogP contribution in [0.15, 0.2) is 18.2 Å². The summed E-state index contributed by atoms with van der Waals surface area (Å²) in [6.45, 7) is 4.53. The summed E-state index contributed by atoms with van der Waals surface area (Å²) in [6.07, 6.45) is 2.88. The van der Waals surface area contributed by atoms with Crippen LogP contribution in [0.5, 0.6) is 5.75 Å². The van der Waals surface area contributed by atoms with Crippen molar-refractivity contribution in [2.45, 2.75) is 45.3 Å². The Morgan fingerprint density at radius 1 is 1.42 bits per heavy atom. The van der Waals surface area contributed by atoms with E-state index in [1.54, 1.807) is 6.07 Å². The number of Topliss-reactive ketones (excluding diaryl/α,β-unsaturated/α-hetero) is 1. The average Bonchev–Trinajstić information content (AvgIpc) is 2.41. The van der Waals surface area contributed by atoms with Crippen LogP contribution in [0, 0.1) is 5.82 Å². The highest BCUT2D eigenvalue weighted by Gasteiger charge is 2.22. The Hall–Kier alpha value is -1.42. The van der Waals surface area contributed by atoms with Gasteiger partial charge in [-0.05, 0) is 51.4 Å². The van der Waals surface area contributed by atoms with E-state index < -0.39 is 5.82 Å². The average molecular weight is 265 g/mol. The molecule has 1 saturated heterocycles. The second kappa shape index (κ2) is 6.15. The van der Waals surface area contributed by atoms with E-state index in [1.807, 2.05) is 13.8 Å². The minimum absolute atomic E-state index is 0.0327. The predicted molar refractivity (Wildman–Crippen MR) is 72.1 cm³/mol. The number of hydrogen-bond acceptors (Lipinski definition) is 3. The number of benzene rings is 1. The summed E-state index contributed by atoms with van der Waals surface area (Å²) in [6, 6.07) is 4.27. The maximum absolute atomic E-state index is 13.8. The van der Waals surface area contributed by atoms with Gasteiger partial charge in [0.15, 0.2) is 17.3 Å². The molecule has 1 aromatic carbocycles. The van der Waals surface area contributed by atoms with Crippen molar-refractivity contribution in [2.75, 3.05) is 6.54 Å². The molecule has 0 saturated carbocycles. The zero-order chi connectivity index (χ0) is 13.8. The van der Waals surface area contributed by atoms with Gasteiger partial charge >= 0.3 is 0 Å². The largest absolute Gasteiger partial charge is 0.488 e. The molecule has 104 valence electrons. The van der Waals surface area contributed by atoms with Gasteiger partial charge in [0.05, 0.1) is 12.1 Å². The number of rotatable bonds is 4. The second-order valence-electron chi connectivity index (χ2n) is 5.18. The smallest absolute Gasteiger partial charge is 0.179 e. The van der Waals surface area contributed by atoms with Gasteiger partial charge in [-0.2, -0.15) is 0 Å². The van der Waals surface area contributed by atoms with Crippen molar-refractivity contribution in [3.63, 3.8) is 0 Å². The maximum Gasteiger partial charge on any atom is 0.179 e. The fourth-order valence-electron chi connectivity index (χ4n) is 2.28. The van der Waals surface area contributed by atoms with Crippen LogP contribution in [0.1, 0.15) is 43.5 Å². The summed E-state index contributed by atoms with van der Waals surface area (Å²) in [7, 11) is 0. The molecule has 1 heterocycles. The lowest BCUT2D eigenvalue weighted by Gasteiger charge is -2.22. The second-order valence-corrected chi connectivity index (χ2v) is 5.18. The Morgan fingerprint density at radius 3 is 2.79 bits per heavy atom. The maximum atomic E-state index is 13.8. The van der Waals surface area contributed by atoms with Crippen LogP contribution in [0.25, 0.3) is 0 Å². The number of piperidine rings is 1. The van der Waals surface area contributed by atoms with Crippen molar-refractivity contribution in [3.8, 4) is 5.75 Å². The Morgan fingerprint density at radius 2 is 2.21 bits per heavy atom. The molecule has 1 aliphatic heterocycles. The molecule has 19 heavy (non-hydrogen) atoms. The Kier molecular flexibility index (Phi) is 4.53. The van der Waals surface area contributed by atoms with E-state index in [0.29, 0.717) is 5.56 Å². The van der Waals surface area contributed by atoms with Crippen LogP contribution in [0.4, 0.5) is 4.39 Å². The fraction of sp³-hybridized carbons (Fsp3) is 0.533. The molecule has 2 rings (SSSR count). The number of carbonyl (C=O) groups is 1. The third-order valence-electron chi connectivity index (χ3n) is 3.21. The summed E-state index contributed by atoms with van der Waals surface area (Å²) < 4.78 is 19.2. The van der Waals surface area contributed by atoms with Gasteiger partial charge in [0, 0.05) is 5.56 Å². The Labute approximate surface area is 113 Å². The molecule has 0 aromatic heterocycles. The van der Waals surface area contributed by atoms with Crippen molar-refractivity contribution in [3.05, 3.63) is 29.6 Å². The first-order valence-electron chi connectivity index (χ1n) is 6.81. The molecule has 0 bridgehead atoms. The third kappa shape index (κ3) is 3.53. The molecule has 3 nitrogen and oxygen atoms in total. The first kappa shape index (κ1) is 14.0.